The fourth-order valence-electron chi connectivity index (χ4n) is 3.92. The lowest BCUT2D eigenvalue weighted by Gasteiger charge is -2.35. The number of hydrogen-bond acceptors (Lipinski definition) is 6. The molecule has 0 bridgehead atoms. The fourth-order valence-corrected chi connectivity index (χ4v) is 3.92. The number of halogens is 1. The van der Waals surface area contributed by atoms with E-state index in [0.717, 1.165) is 64.6 Å². The van der Waals surface area contributed by atoms with Gasteiger partial charge in [-0.15, -0.1) is 0 Å². The molecule has 156 valence electrons. The van der Waals surface area contributed by atoms with E-state index in [1.54, 1.807) is 0 Å². The molecule has 1 aromatic carbocycles. The van der Waals surface area contributed by atoms with Crippen LogP contribution >= 0.6 is 0 Å². The molecular weight excluding hydrogens is 373 g/mol. The molecule has 0 radical (unpaired) electrons. The Labute approximate surface area is 170 Å². The number of carbonyl (C=O) groups excluding carboxylic acids is 1. The predicted molar refractivity (Wildman–Crippen MR) is 108 cm³/mol. The Morgan fingerprint density at radius 1 is 1.00 bits per heavy atom. The minimum Gasteiger partial charge on any atom is -0.447 e. The Hall–Kier alpha value is -2.45. The van der Waals surface area contributed by atoms with Gasteiger partial charge in [0.1, 0.15) is 12.1 Å². The van der Waals surface area contributed by atoms with Crippen molar-refractivity contribution in [3.8, 4) is 0 Å². The Balaban J connectivity index is 1.27. The summed E-state index contributed by atoms with van der Waals surface area (Å²) >= 11 is 0. The molecule has 2 aromatic rings. The topological polar surface area (TPSA) is 56.1 Å². The lowest BCUT2D eigenvalue weighted by Crippen LogP contribution is -2.48. The standard InChI is InChI=1S/C21H28FN5O2/c1-2-24-7-13-27(14-8-24)21(28)19-16-29-20(23-19)15-25-9-11-26(12-10-25)18-5-3-17(22)4-6-18/h3-6,16H,2,7-15H2,1H3. The second-order valence-electron chi connectivity index (χ2n) is 7.59. The number of amides is 1. The first-order valence-electron chi connectivity index (χ1n) is 10.3. The molecule has 3 heterocycles. The number of carbonyl (C=O) groups is 1. The largest absolute Gasteiger partial charge is 0.447 e. The van der Waals surface area contributed by atoms with Crippen molar-refractivity contribution in [1.29, 1.82) is 0 Å². The highest BCUT2D eigenvalue weighted by molar-refractivity contribution is 5.92. The first-order valence-corrected chi connectivity index (χ1v) is 10.3. The van der Waals surface area contributed by atoms with E-state index in [4.69, 9.17) is 4.42 Å². The van der Waals surface area contributed by atoms with Crippen LogP contribution in [0.4, 0.5) is 10.1 Å². The van der Waals surface area contributed by atoms with Gasteiger partial charge in [0.2, 0.25) is 5.89 Å². The van der Waals surface area contributed by atoms with E-state index < -0.39 is 0 Å². The first kappa shape index (κ1) is 19.8. The molecule has 29 heavy (non-hydrogen) atoms. The van der Waals surface area contributed by atoms with Crippen LogP contribution in [0.25, 0.3) is 0 Å². The summed E-state index contributed by atoms with van der Waals surface area (Å²) in [6.45, 7) is 10.5. The molecule has 0 N–H and O–H groups in total. The van der Waals surface area contributed by atoms with Crippen LogP contribution in [0.3, 0.4) is 0 Å². The third kappa shape index (κ3) is 4.76. The molecule has 7 nitrogen and oxygen atoms in total. The third-order valence-corrected chi connectivity index (χ3v) is 5.80. The summed E-state index contributed by atoms with van der Waals surface area (Å²) in [4.78, 5) is 25.8. The van der Waals surface area contributed by atoms with Crippen molar-refractivity contribution in [2.45, 2.75) is 13.5 Å². The van der Waals surface area contributed by atoms with E-state index in [9.17, 15) is 9.18 Å². The van der Waals surface area contributed by atoms with Crippen molar-refractivity contribution in [1.82, 2.24) is 19.7 Å². The summed E-state index contributed by atoms with van der Waals surface area (Å²) in [5, 5.41) is 0. The number of aromatic nitrogens is 1. The number of piperazine rings is 2. The van der Waals surface area contributed by atoms with Gasteiger partial charge < -0.3 is 19.1 Å². The van der Waals surface area contributed by atoms with Gasteiger partial charge in [0, 0.05) is 58.0 Å². The minimum absolute atomic E-state index is 0.0446. The average Bonchev–Trinajstić information content (AvgIpc) is 3.23. The zero-order chi connectivity index (χ0) is 20.2. The quantitative estimate of drug-likeness (QED) is 0.763. The average molecular weight is 401 g/mol. The lowest BCUT2D eigenvalue weighted by atomic mass is 10.2. The molecular formula is C21H28FN5O2. The molecule has 8 heteroatoms. The molecule has 0 spiro atoms. The summed E-state index contributed by atoms with van der Waals surface area (Å²) in [6, 6.07) is 6.62. The van der Waals surface area contributed by atoms with Gasteiger partial charge in [-0.1, -0.05) is 6.92 Å². The number of nitrogens with zero attached hydrogens (tertiary/aromatic N) is 5. The van der Waals surface area contributed by atoms with Crippen LogP contribution in [0.2, 0.25) is 0 Å². The van der Waals surface area contributed by atoms with Gasteiger partial charge in [-0.3, -0.25) is 9.69 Å². The van der Waals surface area contributed by atoms with Crippen LogP contribution in [0, 0.1) is 5.82 Å². The van der Waals surface area contributed by atoms with Crippen LogP contribution in [-0.4, -0.2) is 84.5 Å². The van der Waals surface area contributed by atoms with Crippen LogP contribution in [0.15, 0.2) is 34.9 Å². The van der Waals surface area contributed by atoms with Gasteiger partial charge in [0.05, 0.1) is 6.54 Å². The van der Waals surface area contributed by atoms with Gasteiger partial charge in [-0.2, -0.15) is 0 Å². The van der Waals surface area contributed by atoms with Crippen molar-refractivity contribution < 1.29 is 13.6 Å². The lowest BCUT2D eigenvalue weighted by molar-refractivity contribution is 0.0637. The molecule has 0 unspecified atom stereocenters. The highest BCUT2D eigenvalue weighted by Crippen LogP contribution is 2.18. The van der Waals surface area contributed by atoms with Crippen molar-refractivity contribution in [2.75, 3.05) is 63.8 Å². The number of rotatable bonds is 5. The SMILES string of the molecule is CCN1CCN(C(=O)c2coc(CN3CCN(c4ccc(F)cc4)CC3)n2)CC1. The molecule has 0 aliphatic carbocycles. The molecule has 2 aliphatic heterocycles. The summed E-state index contributed by atoms with van der Waals surface area (Å²) in [6.07, 6.45) is 1.48. The van der Waals surface area contributed by atoms with Crippen LogP contribution in [0.5, 0.6) is 0 Å². The Morgan fingerprint density at radius 2 is 1.66 bits per heavy atom. The zero-order valence-electron chi connectivity index (χ0n) is 16.9. The van der Waals surface area contributed by atoms with E-state index in [1.807, 2.05) is 17.0 Å². The van der Waals surface area contributed by atoms with E-state index >= 15 is 0 Å². The number of likely N-dealkylation sites (N-methyl/N-ethyl adjacent to an activating group) is 1. The predicted octanol–water partition coefficient (Wildman–Crippen LogP) is 1.91. The summed E-state index contributed by atoms with van der Waals surface area (Å²) in [5.74, 6) is 0.321. The van der Waals surface area contributed by atoms with E-state index in [0.29, 0.717) is 18.1 Å². The van der Waals surface area contributed by atoms with E-state index in [2.05, 4.69) is 26.6 Å². The monoisotopic (exact) mass is 401 g/mol. The molecule has 1 amide bonds. The van der Waals surface area contributed by atoms with Gasteiger partial charge in [0.15, 0.2) is 5.69 Å². The fraction of sp³-hybridized carbons (Fsp3) is 0.524. The molecule has 1 aromatic heterocycles. The van der Waals surface area contributed by atoms with Crippen LogP contribution in [0.1, 0.15) is 23.3 Å². The van der Waals surface area contributed by atoms with Crippen molar-refractivity contribution in [2.24, 2.45) is 0 Å². The highest BCUT2D eigenvalue weighted by Gasteiger charge is 2.25. The Kier molecular flexibility index (Phi) is 6.10. The van der Waals surface area contributed by atoms with E-state index in [-0.39, 0.29) is 11.7 Å². The number of anilines is 1. The summed E-state index contributed by atoms with van der Waals surface area (Å²) in [7, 11) is 0. The van der Waals surface area contributed by atoms with Crippen molar-refractivity contribution >= 4 is 11.6 Å². The van der Waals surface area contributed by atoms with Crippen LogP contribution < -0.4 is 4.90 Å². The maximum absolute atomic E-state index is 13.1. The minimum atomic E-state index is -0.214. The van der Waals surface area contributed by atoms with E-state index in [1.165, 1.54) is 18.4 Å². The molecule has 4 rings (SSSR count). The number of benzene rings is 1. The second kappa shape index (κ2) is 8.92. The normalized spacial score (nSPS) is 19.0. The maximum atomic E-state index is 13.1. The Bertz CT molecular complexity index is 809. The molecule has 0 atom stereocenters. The summed E-state index contributed by atoms with van der Waals surface area (Å²) in [5.41, 5.74) is 1.44. The smallest absolute Gasteiger partial charge is 0.275 e. The van der Waals surface area contributed by atoms with Crippen LogP contribution in [-0.2, 0) is 6.54 Å². The van der Waals surface area contributed by atoms with Gasteiger partial charge in [-0.05, 0) is 30.8 Å². The number of hydrogen-bond donors (Lipinski definition) is 0. The molecule has 2 aliphatic rings. The van der Waals surface area contributed by atoms with Gasteiger partial charge in [0.25, 0.3) is 5.91 Å². The third-order valence-electron chi connectivity index (χ3n) is 5.80. The summed E-state index contributed by atoms with van der Waals surface area (Å²) < 4.78 is 18.7. The van der Waals surface area contributed by atoms with Crippen molar-refractivity contribution in [3.05, 3.63) is 47.9 Å². The zero-order valence-corrected chi connectivity index (χ0v) is 16.9. The molecule has 2 saturated heterocycles. The molecule has 2 fully saturated rings. The highest BCUT2D eigenvalue weighted by atomic mass is 19.1. The maximum Gasteiger partial charge on any atom is 0.275 e. The molecule has 0 saturated carbocycles. The number of oxazole rings is 1. The van der Waals surface area contributed by atoms with Gasteiger partial charge >= 0.3 is 0 Å². The van der Waals surface area contributed by atoms with Crippen molar-refractivity contribution in [3.63, 3.8) is 0 Å². The Morgan fingerprint density at radius 3 is 2.31 bits per heavy atom. The first-order chi connectivity index (χ1) is 14.1. The second-order valence-corrected chi connectivity index (χ2v) is 7.59. The van der Waals surface area contributed by atoms with Gasteiger partial charge in [-0.25, -0.2) is 9.37 Å².